The zero-order valence-corrected chi connectivity index (χ0v) is 8.45. The van der Waals surface area contributed by atoms with E-state index in [0.717, 1.165) is 18.8 Å². The molecule has 0 aliphatic carbocycles. The number of carbonyl (C=O) groups is 1. The molecule has 1 saturated heterocycles. The number of carboxylic acid groups (broad SMARTS) is 1. The van der Waals surface area contributed by atoms with E-state index >= 15 is 0 Å². The summed E-state index contributed by atoms with van der Waals surface area (Å²) < 4.78 is 10.1. The highest BCUT2D eigenvalue weighted by Crippen LogP contribution is 2.15. The molecule has 0 spiro atoms. The quantitative estimate of drug-likeness (QED) is 0.769. The van der Waals surface area contributed by atoms with E-state index < -0.39 is 5.97 Å². The SMILES string of the molecule is Cc1oc(C(=O)O)cc1CNC1COC1. The van der Waals surface area contributed by atoms with Gasteiger partial charge in [-0.05, 0) is 13.0 Å². The highest BCUT2D eigenvalue weighted by Gasteiger charge is 2.19. The van der Waals surface area contributed by atoms with Crippen LogP contribution >= 0.6 is 0 Å². The van der Waals surface area contributed by atoms with Gasteiger partial charge in [-0.15, -0.1) is 0 Å². The van der Waals surface area contributed by atoms with Crippen LogP contribution in [0.25, 0.3) is 0 Å². The minimum absolute atomic E-state index is 0.00541. The number of hydrogen-bond acceptors (Lipinski definition) is 4. The molecule has 1 fully saturated rings. The molecule has 1 aromatic heterocycles. The zero-order chi connectivity index (χ0) is 10.8. The summed E-state index contributed by atoms with van der Waals surface area (Å²) in [5.74, 6) is -0.384. The van der Waals surface area contributed by atoms with Crippen molar-refractivity contribution in [3.63, 3.8) is 0 Å². The fourth-order valence-corrected chi connectivity index (χ4v) is 1.41. The number of rotatable bonds is 4. The van der Waals surface area contributed by atoms with Crippen LogP contribution in [0.1, 0.15) is 21.9 Å². The summed E-state index contributed by atoms with van der Waals surface area (Å²) in [5.41, 5.74) is 0.888. The van der Waals surface area contributed by atoms with E-state index in [0.29, 0.717) is 18.3 Å². The lowest BCUT2D eigenvalue weighted by Crippen LogP contribution is -2.45. The van der Waals surface area contributed by atoms with Crippen molar-refractivity contribution in [2.45, 2.75) is 19.5 Å². The summed E-state index contributed by atoms with van der Waals surface area (Å²) in [7, 11) is 0. The van der Waals surface area contributed by atoms with Gasteiger partial charge in [-0.25, -0.2) is 4.79 Å². The normalized spacial score (nSPS) is 16.3. The molecular formula is C10H13NO4. The highest BCUT2D eigenvalue weighted by atomic mass is 16.5. The van der Waals surface area contributed by atoms with Crippen molar-refractivity contribution in [2.75, 3.05) is 13.2 Å². The third-order valence-electron chi connectivity index (χ3n) is 2.45. The van der Waals surface area contributed by atoms with Crippen molar-refractivity contribution < 1.29 is 19.1 Å². The molecule has 0 bridgehead atoms. The van der Waals surface area contributed by atoms with Gasteiger partial charge in [-0.1, -0.05) is 0 Å². The molecule has 0 saturated carbocycles. The Kier molecular flexibility index (Phi) is 2.75. The van der Waals surface area contributed by atoms with E-state index in [4.69, 9.17) is 14.3 Å². The van der Waals surface area contributed by atoms with Gasteiger partial charge in [0.1, 0.15) is 5.76 Å². The van der Waals surface area contributed by atoms with Crippen LogP contribution in [0, 0.1) is 6.92 Å². The molecule has 0 atom stereocenters. The fourth-order valence-electron chi connectivity index (χ4n) is 1.41. The smallest absolute Gasteiger partial charge is 0.371 e. The molecule has 0 amide bonds. The molecule has 2 rings (SSSR count). The maximum absolute atomic E-state index is 10.6. The first kappa shape index (κ1) is 10.2. The van der Waals surface area contributed by atoms with E-state index in [-0.39, 0.29) is 5.76 Å². The van der Waals surface area contributed by atoms with Gasteiger partial charge in [0.25, 0.3) is 0 Å². The molecule has 0 aromatic carbocycles. The first-order chi connectivity index (χ1) is 7.16. The second-order valence-electron chi connectivity index (χ2n) is 3.61. The maximum Gasteiger partial charge on any atom is 0.371 e. The van der Waals surface area contributed by atoms with Gasteiger partial charge >= 0.3 is 5.97 Å². The van der Waals surface area contributed by atoms with E-state index in [2.05, 4.69) is 5.32 Å². The molecule has 0 unspecified atom stereocenters. The van der Waals surface area contributed by atoms with Crippen LogP contribution in [-0.4, -0.2) is 30.3 Å². The second kappa shape index (κ2) is 4.04. The van der Waals surface area contributed by atoms with Crippen molar-refractivity contribution in [1.82, 2.24) is 5.32 Å². The Labute approximate surface area is 87.0 Å². The van der Waals surface area contributed by atoms with E-state index in [1.807, 2.05) is 0 Å². The molecule has 1 aromatic rings. The molecule has 2 heterocycles. The first-order valence-corrected chi connectivity index (χ1v) is 4.80. The molecule has 0 radical (unpaired) electrons. The van der Waals surface area contributed by atoms with Gasteiger partial charge in [0, 0.05) is 12.1 Å². The summed E-state index contributed by atoms with van der Waals surface area (Å²) in [5, 5.41) is 12.0. The van der Waals surface area contributed by atoms with E-state index in [1.165, 1.54) is 0 Å². The van der Waals surface area contributed by atoms with Crippen LogP contribution in [0.15, 0.2) is 10.5 Å². The number of aromatic carboxylic acids is 1. The molecule has 5 nitrogen and oxygen atoms in total. The van der Waals surface area contributed by atoms with Gasteiger partial charge in [0.2, 0.25) is 5.76 Å². The van der Waals surface area contributed by atoms with Crippen LogP contribution in [0.4, 0.5) is 0 Å². The summed E-state index contributed by atoms with van der Waals surface area (Å²) in [6, 6.07) is 1.94. The number of hydrogen-bond donors (Lipinski definition) is 2. The largest absolute Gasteiger partial charge is 0.475 e. The maximum atomic E-state index is 10.6. The highest BCUT2D eigenvalue weighted by molar-refractivity contribution is 5.84. The van der Waals surface area contributed by atoms with Crippen molar-refractivity contribution in [3.8, 4) is 0 Å². The fraction of sp³-hybridized carbons (Fsp3) is 0.500. The van der Waals surface area contributed by atoms with E-state index in [9.17, 15) is 4.79 Å². The standard InChI is InChI=1S/C10H13NO4/c1-6-7(2-9(15-6)10(12)13)3-11-8-4-14-5-8/h2,8,11H,3-5H2,1H3,(H,12,13). The van der Waals surface area contributed by atoms with Crippen molar-refractivity contribution in [3.05, 3.63) is 23.2 Å². The zero-order valence-electron chi connectivity index (χ0n) is 8.45. The predicted octanol–water partition coefficient (Wildman–Crippen LogP) is 0.775. The molecule has 82 valence electrons. The summed E-state index contributed by atoms with van der Waals surface area (Å²) in [6.45, 7) is 3.84. The number of ether oxygens (including phenoxy) is 1. The lowest BCUT2D eigenvalue weighted by atomic mass is 10.2. The van der Waals surface area contributed by atoms with Gasteiger partial charge < -0.3 is 19.6 Å². The Morgan fingerprint density at radius 3 is 2.87 bits per heavy atom. The van der Waals surface area contributed by atoms with Crippen molar-refractivity contribution in [1.29, 1.82) is 0 Å². The molecular weight excluding hydrogens is 198 g/mol. The average Bonchev–Trinajstić information content (AvgIpc) is 2.45. The summed E-state index contributed by atoms with van der Waals surface area (Å²) in [6.07, 6.45) is 0. The Bertz CT molecular complexity index is 367. The minimum atomic E-state index is -1.03. The van der Waals surface area contributed by atoms with Crippen LogP contribution in [-0.2, 0) is 11.3 Å². The lowest BCUT2D eigenvalue weighted by Gasteiger charge is -2.26. The second-order valence-corrected chi connectivity index (χ2v) is 3.61. The van der Waals surface area contributed by atoms with Crippen molar-refractivity contribution in [2.24, 2.45) is 0 Å². The number of carboxylic acids is 1. The predicted molar refractivity (Wildman–Crippen MR) is 51.9 cm³/mol. The molecule has 2 N–H and O–H groups in total. The topological polar surface area (TPSA) is 71.7 Å². The minimum Gasteiger partial charge on any atom is -0.475 e. The molecule has 5 heteroatoms. The van der Waals surface area contributed by atoms with Gasteiger partial charge in [0.05, 0.1) is 19.3 Å². The third kappa shape index (κ3) is 2.19. The van der Waals surface area contributed by atoms with Crippen molar-refractivity contribution >= 4 is 5.97 Å². The summed E-state index contributed by atoms with van der Waals surface area (Å²) in [4.78, 5) is 10.6. The molecule has 15 heavy (non-hydrogen) atoms. The third-order valence-corrected chi connectivity index (χ3v) is 2.45. The van der Waals surface area contributed by atoms with Crippen LogP contribution in [0.2, 0.25) is 0 Å². The van der Waals surface area contributed by atoms with Crippen LogP contribution in [0.3, 0.4) is 0 Å². The Morgan fingerprint density at radius 1 is 1.67 bits per heavy atom. The number of aryl methyl sites for hydroxylation is 1. The first-order valence-electron chi connectivity index (χ1n) is 4.80. The van der Waals surface area contributed by atoms with Gasteiger partial charge in [-0.2, -0.15) is 0 Å². The Balaban J connectivity index is 1.97. The van der Waals surface area contributed by atoms with Crippen LogP contribution in [0.5, 0.6) is 0 Å². The Morgan fingerprint density at radius 2 is 2.40 bits per heavy atom. The van der Waals surface area contributed by atoms with Gasteiger partial charge in [-0.3, -0.25) is 0 Å². The number of nitrogens with one attached hydrogen (secondary N) is 1. The monoisotopic (exact) mass is 211 g/mol. The van der Waals surface area contributed by atoms with Gasteiger partial charge in [0.15, 0.2) is 0 Å². The lowest BCUT2D eigenvalue weighted by molar-refractivity contribution is -0.00582. The summed E-state index contributed by atoms with van der Waals surface area (Å²) >= 11 is 0. The Hall–Kier alpha value is -1.33. The molecule has 1 aliphatic rings. The van der Waals surface area contributed by atoms with Crippen LogP contribution < -0.4 is 5.32 Å². The average molecular weight is 211 g/mol. The van der Waals surface area contributed by atoms with E-state index in [1.54, 1.807) is 13.0 Å². The number of furan rings is 1. The molecule has 1 aliphatic heterocycles.